The maximum absolute atomic E-state index is 12.4. The lowest BCUT2D eigenvalue weighted by molar-refractivity contribution is -0.127. The number of aliphatic hydroxyl groups excluding tert-OH is 1. The van der Waals surface area contributed by atoms with Crippen molar-refractivity contribution in [2.24, 2.45) is 4.99 Å². The molecule has 1 aromatic carbocycles. The minimum atomic E-state index is -0.903. The van der Waals surface area contributed by atoms with Crippen LogP contribution in [-0.2, 0) is 4.79 Å². The van der Waals surface area contributed by atoms with E-state index in [0.717, 1.165) is 6.42 Å². The van der Waals surface area contributed by atoms with Crippen molar-refractivity contribution in [1.82, 2.24) is 20.4 Å². The van der Waals surface area contributed by atoms with Crippen LogP contribution in [0.5, 0.6) is 5.75 Å². The number of nitrogens with zero attached hydrogens (tertiary/aromatic N) is 3. The molecule has 3 atom stereocenters. The molecular formula is C18H24ClN5O4. The zero-order valence-corrected chi connectivity index (χ0v) is 16.5. The molecule has 152 valence electrons. The molecule has 3 amide bonds. The number of halogens is 1. The number of likely N-dealkylation sites (N-methyl/N-ethyl adjacent to an activating group) is 1. The topological polar surface area (TPSA) is 106 Å². The van der Waals surface area contributed by atoms with Crippen LogP contribution in [0.1, 0.15) is 13.3 Å². The third kappa shape index (κ3) is 4.15. The molecule has 1 aromatic rings. The lowest BCUT2D eigenvalue weighted by Gasteiger charge is -2.35. The van der Waals surface area contributed by atoms with Gasteiger partial charge in [0.1, 0.15) is 24.6 Å². The number of benzene rings is 1. The summed E-state index contributed by atoms with van der Waals surface area (Å²) in [7, 11) is 1.60. The van der Waals surface area contributed by atoms with E-state index < -0.39 is 30.2 Å². The minimum Gasteiger partial charge on any atom is -0.489 e. The first-order valence-electron chi connectivity index (χ1n) is 9.13. The van der Waals surface area contributed by atoms with Crippen LogP contribution in [0.4, 0.5) is 4.79 Å². The number of aliphatic imine (C=N–C) groups is 1. The van der Waals surface area contributed by atoms with Crippen LogP contribution in [0.25, 0.3) is 0 Å². The number of aliphatic hydroxyl groups is 1. The molecule has 0 aromatic heterocycles. The Kier molecular flexibility index (Phi) is 6.25. The van der Waals surface area contributed by atoms with E-state index in [2.05, 4.69) is 15.6 Å². The fourth-order valence-electron chi connectivity index (χ4n) is 3.17. The quantitative estimate of drug-likeness (QED) is 0.609. The van der Waals surface area contributed by atoms with E-state index in [-0.39, 0.29) is 13.2 Å². The summed E-state index contributed by atoms with van der Waals surface area (Å²) in [4.78, 5) is 31.9. The van der Waals surface area contributed by atoms with E-state index >= 15 is 0 Å². The van der Waals surface area contributed by atoms with E-state index in [1.165, 1.54) is 4.90 Å². The normalized spacial score (nSPS) is 24.1. The van der Waals surface area contributed by atoms with Crippen molar-refractivity contribution in [3.63, 3.8) is 0 Å². The van der Waals surface area contributed by atoms with E-state index in [4.69, 9.17) is 16.3 Å². The monoisotopic (exact) mass is 409 g/mol. The average Bonchev–Trinajstić information content (AvgIpc) is 3.02. The van der Waals surface area contributed by atoms with Crippen molar-refractivity contribution in [2.45, 2.75) is 31.7 Å². The van der Waals surface area contributed by atoms with Gasteiger partial charge < -0.3 is 25.0 Å². The molecule has 2 aliphatic heterocycles. The Morgan fingerprint density at radius 1 is 1.36 bits per heavy atom. The van der Waals surface area contributed by atoms with Gasteiger partial charge in [0.2, 0.25) is 0 Å². The van der Waals surface area contributed by atoms with Gasteiger partial charge in [-0.05, 0) is 18.6 Å². The second-order valence-electron chi connectivity index (χ2n) is 6.69. The number of rotatable bonds is 7. The van der Waals surface area contributed by atoms with Gasteiger partial charge in [-0.15, -0.1) is 0 Å². The molecule has 2 aliphatic rings. The Labute approximate surface area is 168 Å². The molecule has 0 saturated carbocycles. The molecule has 28 heavy (non-hydrogen) atoms. The lowest BCUT2D eigenvalue weighted by Crippen LogP contribution is -2.65. The highest BCUT2D eigenvalue weighted by Crippen LogP contribution is 2.24. The van der Waals surface area contributed by atoms with Crippen molar-refractivity contribution in [2.75, 3.05) is 26.7 Å². The Balaban J connectivity index is 1.72. The largest absolute Gasteiger partial charge is 0.489 e. The van der Waals surface area contributed by atoms with E-state index in [9.17, 15) is 14.7 Å². The summed E-state index contributed by atoms with van der Waals surface area (Å²) in [6.07, 6.45) is -0.624. The fourth-order valence-corrected chi connectivity index (χ4v) is 3.36. The Morgan fingerprint density at radius 2 is 2.11 bits per heavy atom. The summed E-state index contributed by atoms with van der Waals surface area (Å²) in [6, 6.07) is 5.83. The highest BCUT2D eigenvalue weighted by Gasteiger charge is 2.50. The number of hydrogen-bond acceptors (Lipinski definition) is 5. The van der Waals surface area contributed by atoms with Crippen LogP contribution in [-0.4, -0.2) is 77.9 Å². The van der Waals surface area contributed by atoms with Crippen LogP contribution >= 0.6 is 11.6 Å². The van der Waals surface area contributed by atoms with Crippen molar-refractivity contribution in [1.29, 1.82) is 0 Å². The van der Waals surface area contributed by atoms with Crippen LogP contribution in [0, 0.1) is 0 Å². The summed E-state index contributed by atoms with van der Waals surface area (Å²) >= 11 is 6.06. The van der Waals surface area contributed by atoms with Gasteiger partial charge >= 0.3 is 6.03 Å². The number of carbonyl (C=O) groups is 2. The standard InChI is InChI=1S/C18H24ClN5O4/c1-3-8-20-17-21-15-14(16(26)22-18(27)23(15)2)24(17)9-11(25)10-28-13-7-5-4-6-12(13)19/h4-7,11,14-15,25H,3,8-10H2,1-2H3,(H,20,21)(H,22,26,27). The Hall–Kier alpha value is -2.52. The molecule has 3 rings (SSSR count). The highest BCUT2D eigenvalue weighted by atomic mass is 35.5. The van der Waals surface area contributed by atoms with Crippen molar-refractivity contribution >= 4 is 29.5 Å². The van der Waals surface area contributed by atoms with Crippen molar-refractivity contribution in [3.05, 3.63) is 29.3 Å². The Bertz CT molecular complexity index is 774. The number of guanidine groups is 1. The van der Waals surface area contributed by atoms with Crippen molar-refractivity contribution in [3.8, 4) is 5.75 Å². The van der Waals surface area contributed by atoms with E-state index in [1.807, 2.05) is 6.92 Å². The number of hydrogen-bond donors (Lipinski definition) is 3. The van der Waals surface area contributed by atoms with Gasteiger partial charge in [-0.25, -0.2) is 4.79 Å². The molecule has 0 bridgehead atoms. The fraction of sp³-hybridized carbons (Fsp3) is 0.500. The predicted molar refractivity (Wildman–Crippen MR) is 104 cm³/mol. The third-order valence-electron chi connectivity index (χ3n) is 4.58. The van der Waals surface area contributed by atoms with E-state index in [1.54, 1.807) is 36.2 Å². The predicted octanol–water partition coefficient (Wildman–Crippen LogP) is 0.627. The van der Waals surface area contributed by atoms with Crippen molar-refractivity contribution < 1.29 is 19.4 Å². The summed E-state index contributed by atoms with van der Waals surface area (Å²) in [6.45, 7) is 2.65. The van der Waals surface area contributed by atoms with Gasteiger partial charge in [-0.1, -0.05) is 30.7 Å². The number of β-amino-alcohol motifs (C(OH)–C–C–N with tert-alkyl or cyclic N) is 1. The number of para-hydroxylation sites is 1. The van der Waals surface area contributed by atoms with Crippen LogP contribution < -0.4 is 15.4 Å². The SMILES string of the molecule is CCCN=C1NC2C(C(=O)NC(=O)N2C)N1CC(O)COc1ccccc1Cl. The van der Waals surface area contributed by atoms with Gasteiger partial charge in [0.05, 0.1) is 11.6 Å². The first kappa shape index (κ1) is 20.2. The smallest absolute Gasteiger partial charge is 0.325 e. The van der Waals surface area contributed by atoms with Gasteiger partial charge in [-0.2, -0.15) is 0 Å². The number of imide groups is 1. The molecule has 0 radical (unpaired) electrons. The molecule has 10 heteroatoms. The number of ether oxygens (including phenoxy) is 1. The number of carbonyl (C=O) groups excluding carboxylic acids is 2. The molecule has 2 saturated heterocycles. The third-order valence-corrected chi connectivity index (χ3v) is 4.89. The summed E-state index contributed by atoms with van der Waals surface area (Å²) in [5, 5.41) is 16.4. The highest BCUT2D eigenvalue weighted by molar-refractivity contribution is 6.32. The molecular weight excluding hydrogens is 386 g/mol. The molecule has 2 heterocycles. The summed E-state index contributed by atoms with van der Waals surface area (Å²) < 4.78 is 5.59. The van der Waals surface area contributed by atoms with Crippen LogP contribution in [0.15, 0.2) is 29.3 Å². The molecule has 0 aliphatic carbocycles. The first-order valence-corrected chi connectivity index (χ1v) is 9.50. The Morgan fingerprint density at radius 3 is 2.82 bits per heavy atom. The lowest BCUT2D eigenvalue weighted by atomic mass is 10.1. The number of nitrogens with one attached hydrogen (secondary N) is 2. The molecule has 0 spiro atoms. The van der Waals surface area contributed by atoms with Gasteiger partial charge in [-0.3, -0.25) is 15.1 Å². The first-order chi connectivity index (χ1) is 13.4. The van der Waals surface area contributed by atoms with Crippen LogP contribution in [0.2, 0.25) is 5.02 Å². The molecule has 3 unspecified atom stereocenters. The average molecular weight is 410 g/mol. The maximum Gasteiger partial charge on any atom is 0.325 e. The number of amides is 3. The zero-order chi connectivity index (χ0) is 20.3. The van der Waals surface area contributed by atoms with Gasteiger partial charge in [0, 0.05) is 13.6 Å². The second kappa shape index (κ2) is 8.66. The summed E-state index contributed by atoms with van der Waals surface area (Å²) in [5.74, 6) is 0.521. The molecule has 9 nitrogen and oxygen atoms in total. The number of urea groups is 1. The number of fused-ring (bicyclic) bond motifs is 1. The van der Waals surface area contributed by atoms with Gasteiger partial charge in [0.15, 0.2) is 12.0 Å². The zero-order valence-electron chi connectivity index (χ0n) is 15.8. The maximum atomic E-state index is 12.4. The van der Waals surface area contributed by atoms with E-state index in [0.29, 0.717) is 23.3 Å². The molecule has 2 fully saturated rings. The second-order valence-corrected chi connectivity index (χ2v) is 7.10. The van der Waals surface area contributed by atoms with Crippen LogP contribution in [0.3, 0.4) is 0 Å². The van der Waals surface area contributed by atoms with Gasteiger partial charge in [0.25, 0.3) is 5.91 Å². The minimum absolute atomic E-state index is 0.00489. The molecule has 3 N–H and O–H groups in total. The summed E-state index contributed by atoms with van der Waals surface area (Å²) in [5.41, 5.74) is 0.